The summed E-state index contributed by atoms with van der Waals surface area (Å²) < 4.78 is 11.3. The van der Waals surface area contributed by atoms with Crippen molar-refractivity contribution in [1.82, 2.24) is 5.32 Å². The lowest BCUT2D eigenvalue weighted by Gasteiger charge is -2.21. The van der Waals surface area contributed by atoms with Crippen molar-refractivity contribution in [2.75, 3.05) is 31.6 Å². The van der Waals surface area contributed by atoms with E-state index in [1.165, 1.54) is 0 Å². The first-order chi connectivity index (χ1) is 10.8. The molecule has 0 radical (unpaired) electrons. The van der Waals surface area contributed by atoms with Crippen LogP contribution in [0.2, 0.25) is 0 Å². The molecule has 2 aliphatic heterocycles. The lowest BCUT2D eigenvalue weighted by Crippen LogP contribution is -2.34. The number of hydrogen-bond donors (Lipinski definition) is 2. The summed E-state index contributed by atoms with van der Waals surface area (Å²) in [4.78, 5) is 12.2. The Morgan fingerprint density at radius 1 is 1.32 bits per heavy atom. The van der Waals surface area contributed by atoms with Crippen molar-refractivity contribution < 1.29 is 14.3 Å². The maximum absolute atomic E-state index is 12.2. The predicted molar refractivity (Wildman–Crippen MR) is 85.1 cm³/mol. The number of amides is 1. The molecule has 1 atom stereocenters. The van der Waals surface area contributed by atoms with Crippen molar-refractivity contribution in [3.05, 3.63) is 24.3 Å². The van der Waals surface area contributed by atoms with E-state index in [2.05, 4.69) is 10.6 Å². The summed E-state index contributed by atoms with van der Waals surface area (Å²) in [6.45, 7) is 3.25. The molecule has 0 bridgehead atoms. The van der Waals surface area contributed by atoms with Crippen LogP contribution in [0, 0.1) is 5.92 Å². The second kappa shape index (κ2) is 7.61. The Labute approximate surface area is 131 Å². The van der Waals surface area contributed by atoms with Crippen LogP contribution in [0.15, 0.2) is 24.3 Å². The third kappa shape index (κ3) is 4.21. The van der Waals surface area contributed by atoms with Crippen molar-refractivity contribution >= 4 is 11.6 Å². The van der Waals surface area contributed by atoms with Crippen molar-refractivity contribution in [1.29, 1.82) is 0 Å². The molecule has 120 valence electrons. The fourth-order valence-electron chi connectivity index (χ4n) is 2.96. The highest BCUT2D eigenvalue weighted by atomic mass is 16.5. The topological polar surface area (TPSA) is 59.6 Å². The minimum atomic E-state index is 0.109. The fourth-order valence-corrected chi connectivity index (χ4v) is 2.96. The molecule has 5 nitrogen and oxygen atoms in total. The number of anilines is 1. The van der Waals surface area contributed by atoms with Crippen LogP contribution < -0.4 is 15.4 Å². The van der Waals surface area contributed by atoms with Crippen LogP contribution in [0.1, 0.15) is 25.7 Å². The number of benzene rings is 1. The van der Waals surface area contributed by atoms with Crippen molar-refractivity contribution in [3.63, 3.8) is 0 Å². The minimum Gasteiger partial charge on any atom is -0.491 e. The van der Waals surface area contributed by atoms with Crippen LogP contribution in [-0.2, 0) is 9.53 Å². The normalized spacial score (nSPS) is 22.5. The van der Waals surface area contributed by atoms with Gasteiger partial charge in [-0.3, -0.25) is 4.79 Å². The van der Waals surface area contributed by atoms with Gasteiger partial charge in [-0.25, -0.2) is 0 Å². The van der Waals surface area contributed by atoms with Crippen LogP contribution in [0.25, 0.3) is 0 Å². The molecule has 2 saturated heterocycles. The Bertz CT molecular complexity index is 494. The molecule has 5 heteroatoms. The van der Waals surface area contributed by atoms with E-state index in [-0.39, 0.29) is 17.9 Å². The van der Waals surface area contributed by atoms with Gasteiger partial charge in [0.25, 0.3) is 0 Å². The zero-order chi connectivity index (χ0) is 15.2. The molecule has 0 aromatic heterocycles. The number of hydrogen-bond acceptors (Lipinski definition) is 4. The first-order valence-electron chi connectivity index (χ1n) is 8.17. The van der Waals surface area contributed by atoms with E-state index in [0.29, 0.717) is 6.61 Å². The van der Waals surface area contributed by atoms with E-state index in [1.807, 2.05) is 24.3 Å². The van der Waals surface area contributed by atoms with Crippen LogP contribution >= 0.6 is 0 Å². The molecule has 2 aliphatic rings. The van der Waals surface area contributed by atoms with Crippen LogP contribution in [0.5, 0.6) is 5.75 Å². The van der Waals surface area contributed by atoms with E-state index in [9.17, 15) is 4.79 Å². The molecule has 2 fully saturated rings. The van der Waals surface area contributed by atoms with Gasteiger partial charge in [0.2, 0.25) is 5.91 Å². The van der Waals surface area contributed by atoms with Crippen molar-refractivity contribution in [2.24, 2.45) is 5.92 Å². The third-order valence-electron chi connectivity index (χ3n) is 4.27. The summed E-state index contributed by atoms with van der Waals surface area (Å²) in [5.41, 5.74) is 0.799. The second-order valence-electron chi connectivity index (χ2n) is 5.99. The molecule has 3 rings (SSSR count). The maximum atomic E-state index is 12.2. The van der Waals surface area contributed by atoms with Gasteiger partial charge in [0.1, 0.15) is 12.4 Å². The van der Waals surface area contributed by atoms with Gasteiger partial charge in [0.05, 0.1) is 6.10 Å². The molecule has 1 amide bonds. The monoisotopic (exact) mass is 304 g/mol. The predicted octanol–water partition coefficient (Wildman–Crippen LogP) is 2.18. The van der Waals surface area contributed by atoms with Gasteiger partial charge in [-0.15, -0.1) is 0 Å². The number of rotatable bonds is 5. The molecule has 1 aromatic rings. The highest BCUT2D eigenvalue weighted by Gasteiger charge is 2.21. The van der Waals surface area contributed by atoms with Crippen molar-refractivity contribution in [2.45, 2.75) is 31.8 Å². The molecule has 1 unspecified atom stereocenters. The molecule has 1 aromatic carbocycles. The summed E-state index contributed by atoms with van der Waals surface area (Å²) in [7, 11) is 0. The van der Waals surface area contributed by atoms with E-state index in [0.717, 1.165) is 56.8 Å². The largest absolute Gasteiger partial charge is 0.491 e. The zero-order valence-corrected chi connectivity index (χ0v) is 12.8. The summed E-state index contributed by atoms with van der Waals surface area (Å²) in [6, 6.07) is 7.60. The maximum Gasteiger partial charge on any atom is 0.227 e. The first-order valence-corrected chi connectivity index (χ1v) is 8.17. The molecular formula is C17H24N2O3. The van der Waals surface area contributed by atoms with Crippen LogP contribution in [0.3, 0.4) is 0 Å². The van der Waals surface area contributed by atoms with Gasteiger partial charge in [0.15, 0.2) is 0 Å². The van der Waals surface area contributed by atoms with Gasteiger partial charge in [-0.05, 0) is 50.9 Å². The zero-order valence-electron chi connectivity index (χ0n) is 12.8. The Morgan fingerprint density at radius 3 is 2.95 bits per heavy atom. The quantitative estimate of drug-likeness (QED) is 0.875. The summed E-state index contributed by atoms with van der Waals surface area (Å²) >= 11 is 0. The van der Waals surface area contributed by atoms with E-state index >= 15 is 0 Å². The van der Waals surface area contributed by atoms with Gasteiger partial charge >= 0.3 is 0 Å². The number of ether oxygens (including phenoxy) is 2. The number of carbonyl (C=O) groups is 1. The molecule has 0 aliphatic carbocycles. The number of piperidine rings is 1. The summed E-state index contributed by atoms with van der Waals surface area (Å²) in [6.07, 6.45) is 4.18. The van der Waals surface area contributed by atoms with E-state index in [1.54, 1.807) is 0 Å². The van der Waals surface area contributed by atoms with E-state index < -0.39 is 0 Å². The SMILES string of the molecule is O=C(Nc1cccc(OCC2CCCO2)c1)C1CCNCC1. The summed E-state index contributed by atoms with van der Waals surface area (Å²) in [5, 5.41) is 6.28. The fraction of sp³-hybridized carbons (Fsp3) is 0.588. The lowest BCUT2D eigenvalue weighted by atomic mass is 9.97. The summed E-state index contributed by atoms with van der Waals surface area (Å²) in [5.74, 6) is 0.995. The Hall–Kier alpha value is -1.59. The van der Waals surface area contributed by atoms with Gasteiger partial charge in [-0.1, -0.05) is 6.07 Å². The number of carbonyl (C=O) groups excluding carboxylic acids is 1. The third-order valence-corrected chi connectivity index (χ3v) is 4.27. The number of nitrogens with one attached hydrogen (secondary N) is 2. The Balaban J connectivity index is 1.52. The Kier molecular flexibility index (Phi) is 5.29. The standard InChI is InChI=1S/C17H24N2O3/c20-17(13-6-8-18-9-7-13)19-14-3-1-4-15(11-14)22-12-16-5-2-10-21-16/h1,3-4,11,13,16,18H,2,5-10,12H2,(H,19,20). The van der Waals surface area contributed by atoms with Gasteiger partial charge < -0.3 is 20.1 Å². The molecule has 0 spiro atoms. The Morgan fingerprint density at radius 2 is 2.18 bits per heavy atom. The van der Waals surface area contributed by atoms with Gasteiger partial charge in [0, 0.05) is 24.3 Å². The van der Waals surface area contributed by atoms with Gasteiger partial charge in [-0.2, -0.15) is 0 Å². The minimum absolute atomic E-state index is 0.109. The average Bonchev–Trinajstić information content (AvgIpc) is 3.08. The second-order valence-corrected chi connectivity index (χ2v) is 5.99. The lowest BCUT2D eigenvalue weighted by molar-refractivity contribution is -0.120. The molecule has 2 heterocycles. The van der Waals surface area contributed by atoms with Crippen molar-refractivity contribution in [3.8, 4) is 5.75 Å². The van der Waals surface area contributed by atoms with Crippen LogP contribution in [-0.4, -0.2) is 38.3 Å². The van der Waals surface area contributed by atoms with Crippen LogP contribution in [0.4, 0.5) is 5.69 Å². The average molecular weight is 304 g/mol. The molecule has 0 saturated carbocycles. The highest BCUT2D eigenvalue weighted by molar-refractivity contribution is 5.92. The molecule has 22 heavy (non-hydrogen) atoms. The first kappa shape index (κ1) is 15.3. The van der Waals surface area contributed by atoms with E-state index in [4.69, 9.17) is 9.47 Å². The smallest absolute Gasteiger partial charge is 0.227 e. The molecule has 2 N–H and O–H groups in total. The highest BCUT2D eigenvalue weighted by Crippen LogP contribution is 2.21. The molecular weight excluding hydrogens is 280 g/mol.